The van der Waals surface area contributed by atoms with E-state index in [9.17, 15) is 0 Å². The molecule has 1 unspecified atom stereocenters. The topological polar surface area (TPSA) is 72.3 Å². The highest BCUT2D eigenvalue weighted by atomic mass is 35.5. The van der Waals surface area contributed by atoms with Crippen molar-refractivity contribution in [2.45, 2.75) is 31.9 Å². The Morgan fingerprint density at radius 2 is 1.80 bits per heavy atom. The summed E-state index contributed by atoms with van der Waals surface area (Å²) >= 11 is 0. The van der Waals surface area contributed by atoms with Crippen LogP contribution in [0.1, 0.15) is 25.7 Å². The molecule has 3 nitrogen and oxygen atoms in total. The molecule has 0 aliphatic rings. The SMILES string of the molecule is Cl.NCCCCCC(N)O. The number of unbranched alkanes of at least 4 members (excludes halogenated alkanes) is 2. The molecule has 0 aliphatic carbocycles. The lowest BCUT2D eigenvalue weighted by Crippen LogP contribution is -2.18. The van der Waals surface area contributed by atoms with Gasteiger partial charge < -0.3 is 16.6 Å². The quantitative estimate of drug-likeness (QED) is 0.406. The second kappa shape index (κ2) is 9.17. The zero-order chi connectivity index (χ0) is 7.11. The molecule has 0 aromatic carbocycles. The van der Waals surface area contributed by atoms with E-state index in [2.05, 4.69) is 0 Å². The van der Waals surface area contributed by atoms with Crippen molar-refractivity contribution >= 4 is 12.4 Å². The van der Waals surface area contributed by atoms with Crippen molar-refractivity contribution in [3.63, 3.8) is 0 Å². The molecule has 0 saturated heterocycles. The molecule has 1 atom stereocenters. The summed E-state index contributed by atoms with van der Waals surface area (Å²) in [6.45, 7) is 0.737. The molecule has 0 fully saturated rings. The Hall–Kier alpha value is 0.170. The summed E-state index contributed by atoms with van der Waals surface area (Å²) < 4.78 is 0. The van der Waals surface area contributed by atoms with Crippen LogP contribution in [0, 0.1) is 0 Å². The molecule has 10 heavy (non-hydrogen) atoms. The van der Waals surface area contributed by atoms with Gasteiger partial charge in [0.1, 0.15) is 6.23 Å². The van der Waals surface area contributed by atoms with E-state index >= 15 is 0 Å². The van der Waals surface area contributed by atoms with Gasteiger partial charge in [-0.05, 0) is 25.8 Å². The Bertz CT molecular complexity index is 61.7. The maximum absolute atomic E-state index is 8.60. The maximum Gasteiger partial charge on any atom is 0.102 e. The zero-order valence-corrected chi connectivity index (χ0v) is 6.94. The largest absolute Gasteiger partial charge is 0.379 e. The highest BCUT2D eigenvalue weighted by Gasteiger charge is 1.93. The van der Waals surface area contributed by atoms with E-state index in [0.29, 0.717) is 6.42 Å². The molecule has 0 aromatic heterocycles. The van der Waals surface area contributed by atoms with E-state index < -0.39 is 6.23 Å². The fraction of sp³-hybridized carbons (Fsp3) is 1.00. The molecule has 0 amide bonds. The fourth-order valence-corrected chi connectivity index (χ4v) is 0.675. The van der Waals surface area contributed by atoms with Gasteiger partial charge in [0.25, 0.3) is 0 Å². The number of nitrogens with two attached hydrogens (primary N) is 2. The maximum atomic E-state index is 8.60. The van der Waals surface area contributed by atoms with Gasteiger partial charge in [-0.25, -0.2) is 0 Å². The van der Waals surface area contributed by atoms with Crippen LogP contribution >= 0.6 is 12.4 Å². The predicted molar refractivity (Wildman–Crippen MR) is 45.0 cm³/mol. The van der Waals surface area contributed by atoms with Crippen molar-refractivity contribution in [1.82, 2.24) is 0 Å². The number of aliphatic hydroxyl groups is 1. The Labute approximate surface area is 68.2 Å². The third-order valence-corrected chi connectivity index (χ3v) is 1.20. The normalized spacial score (nSPS) is 12.3. The van der Waals surface area contributed by atoms with Gasteiger partial charge in [-0.3, -0.25) is 0 Å². The summed E-state index contributed by atoms with van der Waals surface area (Å²) in [4.78, 5) is 0. The first-order chi connectivity index (χ1) is 4.27. The summed E-state index contributed by atoms with van der Waals surface area (Å²) in [5, 5.41) is 8.60. The number of aliphatic hydroxyl groups excluding tert-OH is 1. The van der Waals surface area contributed by atoms with Gasteiger partial charge in [0.2, 0.25) is 0 Å². The van der Waals surface area contributed by atoms with Crippen LogP contribution in [-0.4, -0.2) is 17.9 Å². The molecular weight excluding hydrogens is 152 g/mol. The van der Waals surface area contributed by atoms with Gasteiger partial charge in [-0.15, -0.1) is 12.4 Å². The van der Waals surface area contributed by atoms with E-state index in [4.69, 9.17) is 16.6 Å². The lowest BCUT2D eigenvalue weighted by atomic mass is 10.2. The van der Waals surface area contributed by atoms with Gasteiger partial charge in [-0.1, -0.05) is 6.42 Å². The summed E-state index contributed by atoms with van der Waals surface area (Å²) in [5.74, 6) is 0. The Kier molecular flexibility index (Phi) is 11.7. The number of halogens is 1. The molecule has 4 heteroatoms. The minimum Gasteiger partial charge on any atom is -0.379 e. The third-order valence-electron chi connectivity index (χ3n) is 1.20. The first-order valence-electron chi connectivity index (χ1n) is 3.41. The van der Waals surface area contributed by atoms with Crippen LogP contribution in [0.25, 0.3) is 0 Å². The first kappa shape index (κ1) is 12.8. The molecule has 0 heterocycles. The third kappa shape index (κ3) is 11.0. The van der Waals surface area contributed by atoms with Crippen molar-refractivity contribution in [3.8, 4) is 0 Å². The fourth-order valence-electron chi connectivity index (χ4n) is 0.675. The van der Waals surface area contributed by atoms with Crippen molar-refractivity contribution in [2.24, 2.45) is 11.5 Å². The van der Waals surface area contributed by atoms with Crippen molar-refractivity contribution < 1.29 is 5.11 Å². The molecule has 0 spiro atoms. The summed E-state index contributed by atoms with van der Waals surface area (Å²) in [7, 11) is 0. The standard InChI is InChI=1S/C6H16N2O.ClH/c7-5-3-1-2-4-6(8)9;/h6,9H,1-5,7-8H2;1H. The van der Waals surface area contributed by atoms with Gasteiger partial charge >= 0.3 is 0 Å². The second-order valence-electron chi connectivity index (χ2n) is 2.21. The van der Waals surface area contributed by atoms with Crippen LogP contribution in [0.15, 0.2) is 0 Å². The molecule has 0 radical (unpaired) electrons. The number of hydrogen-bond donors (Lipinski definition) is 3. The van der Waals surface area contributed by atoms with Gasteiger partial charge in [0.05, 0.1) is 0 Å². The summed E-state index contributed by atoms with van der Waals surface area (Å²) in [6, 6.07) is 0. The van der Waals surface area contributed by atoms with Crippen LogP contribution in [-0.2, 0) is 0 Å². The highest BCUT2D eigenvalue weighted by Crippen LogP contribution is 1.98. The first-order valence-corrected chi connectivity index (χ1v) is 3.41. The van der Waals surface area contributed by atoms with Crippen LogP contribution in [0.2, 0.25) is 0 Å². The lowest BCUT2D eigenvalue weighted by Gasteiger charge is -2.01. The van der Waals surface area contributed by atoms with Gasteiger partial charge in [-0.2, -0.15) is 0 Å². The Morgan fingerprint density at radius 1 is 1.20 bits per heavy atom. The minimum atomic E-state index is -0.636. The molecule has 5 N–H and O–H groups in total. The Morgan fingerprint density at radius 3 is 2.20 bits per heavy atom. The second-order valence-corrected chi connectivity index (χ2v) is 2.21. The molecular formula is C6H17ClN2O. The smallest absolute Gasteiger partial charge is 0.102 e. The van der Waals surface area contributed by atoms with Gasteiger partial charge in [0, 0.05) is 0 Å². The van der Waals surface area contributed by atoms with E-state index in [1.165, 1.54) is 0 Å². The van der Waals surface area contributed by atoms with Crippen molar-refractivity contribution in [1.29, 1.82) is 0 Å². The van der Waals surface area contributed by atoms with Crippen LogP contribution in [0.5, 0.6) is 0 Å². The summed E-state index contributed by atoms with van der Waals surface area (Å²) in [5.41, 5.74) is 10.4. The molecule has 0 rings (SSSR count). The molecule has 0 saturated carbocycles. The van der Waals surface area contributed by atoms with E-state index in [1.54, 1.807) is 0 Å². The molecule has 64 valence electrons. The molecule has 0 aliphatic heterocycles. The minimum absolute atomic E-state index is 0. The Balaban J connectivity index is 0. The van der Waals surface area contributed by atoms with E-state index in [-0.39, 0.29) is 12.4 Å². The predicted octanol–water partition coefficient (Wildman–Crippen LogP) is 0.204. The highest BCUT2D eigenvalue weighted by molar-refractivity contribution is 5.85. The molecule has 0 bridgehead atoms. The zero-order valence-electron chi connectivity index (χ0n) is 6.12. The van der Waals surface area contributed by atoms with Gasteiger partial charge in [0.15, 0.2) is 0 Å². The van der Waals surface area contributed by atoms with Crippen LogP contribution < -0.4 is 11.5 Å². The van der Waals surface area contributed by atoms with Crippen LogP contribution in [0.3, 0.4) is 0 Å². The van der Waals surface area contributed by atoms with E-state index in [1.807, 2.05) is 0 Å². The van der Waals surface area contributed by atoms with Crippen molar-refractivity contribution in [3.05, 3.63) is 0 Å². The number of hydrogen-bond acceptors (Lipinski definition) is 3. The van der Waals surface area contributed by atoms with Crippen LogP contribution in [0.4, 0.5) is 0 Å². The van der Waals surface area contributed by atoms with Crippen molar-refractivity contribution in [2.75, 3.05) is 6.54 Å². The van der Waals surface area contributed by atoms with E-state index in [0.717, 1.165) is 25.8 Å². The lowest BCUT2D eigenvalue weighted by molar-refractivity contribution is 0.168. The molecule has 0 aromatic rings. The average Bonchev–Trinajstić information content (AvgIpc) is 1.80. The summed E-state index contributed by atoms with van der Waals surface area (Å²) in [6.07, 6.45) is 3.15. The number of rotatable bonds is 5. The average molecular weight is 169 g/mol. The monoisotopic (exact) mass is 168 g/mol.